The number of sulfonamides is 1. The molecule has 1 aromatic carbocycles. The van der Waals surface area contributed by atoms with Crippen molar-refractivity contribution < 1.29 is 8.42 Å². The fourth-order valence-electron chi connectivity index (χ4n) is 1.84. The molecule has 108 valence electrons. The van der Waals surface area contributed by atoms with Crippen LogP contribution in [0.3, 0.4) is 0 Å². The summed E-state index contributed by atoms with van der Waals surface area (Å²) >= 11 is 0. The van der Waals surface area contributed by atoms with Crippen LogP contribution in [0.4, 0.5) is 17.1 Å². The lowest BCUT2D eigenvalue weighted by atomic mass is 10.2. The van der Waals surface area contributed by atoms with Crippen LogP contribution >= 0.6 is 0 Å². The number of aryl methyl sites for hydroxylation is 2. The van der Waals surface area contributed by atoms with Gasteiger partial charge in [-0.3, -0.25) is 4.68 Å². The van der Waals surface area contributed by atoms with Gasteiger partial charge in [0, 0.05) is 18.9 Å². The van der Waals surface area contributed by atoms with Gasteiger partial charge in [-0.15, -0.1) is 0 Å². The van der Waals surface area contributed by atoms with Crippen molar-refractivity contribution >= 4 is 27.1 Å². The zero-order valence-electron chi connectivity index (χ0n) is 11.5. The lowest BCUT2D eigenvalue weighted by Crippen LogP contribution is -2.20. The molecule has 0 fully saturated rings. The van der Waals surface area contributed by atoms with Crippen molar-refractivity contribution in [1.82, 2.24) is 14.5 Å². The minimum absolute atomic E-state index is 0.100. The molecule has 8 heteroatoms. The number of hydrogen-bond donors (Lipinski definition) is 3. The zero-order chi connectivity index (χ0) is 14.9. The highest BCUT2D eigenvalue weighted by Crippen LogP contribution is 2.27. The Balaban J connectivity index is 2.50. The molecular weight excluding hydrogens is 278 g/mol. The van der Waals surface area contributed by atoms with E-state index < -0.39 is 10.0 Å². The third-order valence-electron chi connectivity index (χ3n) is 2.85. The van der Waals surface area contributed by atoms with Crippen LogP contribution in [0.5, 0.6) is 0 Å². The summed E-state index contributed by atoms with van der Waals surface area (Å²) in [5.74, 6) is 0. The van der Waals surface area contributed by atoms with E-state index in [1.165, 1.54) is 13.1 Å². The topological polar surface area (TPSA) is 102 Å². The van der Waals surface area contributed by atoms with Crippen molar-refractivity contribution in [3.8, 4) is 0 Å². The molecule has 1 aromatic heterocycles. The number of aromatic nitrogens is 2. The predicted octanol–water partition coefficient (Wildman–Crippen LogP) is 0.962. The second-order valence-corrected chi connectivity index (χ2v) is 6.24. The standard InChI is InChI=1S/C12H17N5O2S/c1-8-11(7-17(3)16-8)15-10-5-4-9(13)6-12(10)20(18,19)14-2/h4-7,14-15H,13H2,1-3H3. The van der Waals surface area contributed by atoms with Crippen molar-refractivity contribution in [2.24, 2.45) is 7.05 Å². The smallest absolute Gasteiger partial charge is 0.242 e. The molecule has 1 heterocycles. The number of hydrogen-bond acceptors (Lipinski definition) is 5. The van der Waals surface area contributed by atoms with Gasteiger partial charge in [-0.05, 0) is 32.2 Å². The van der Waals surface area contributed by atoms with E-state index >= 15 is 0 Å². The van der Waals surface area contributed by atoms with Crippen molar-refractivity contribution in [2.45, 2.75) is 11.8 Å². The summed E-state index contributed by atoms with van der Waals surface area (Å²) in [6, 6.07) is 4.69. The monoisotopic (exact) mass is 295 g/mol. The summed E-state index contributed by atoms with van der Waals surface area (Å²) in [5.41, 5.74) is 8.02. The summed E-state index contributed by atoms with van der Waals surface area (Å²) in [6.07, 6.45) is 1.78. The first-order chi connectivity index (χ1) is 9.33. The first-order valence-corrected chi connectivity index (χ1v) is 7.42. The van der Waals surface area contributed by atoms with Gasteiger partial charge in [0.15, 0.2) is 0 Å². The second kappa shape index (κ2) is 5.14. The highest BCUT2D eigenvalue weighted by molar-refractivity contribution is 7.89. The number of rotatable bonds is 4. The van der Waals surface area contributed by atoms with E-state index in [1.54, 1.807) is 30.1 Å². The van der Waals surface area contributed by atoms with Crippen molar-refractivity contribution in [2.75, 3.05) is 18.1 Å². The van der Waals surface area contributed by atoms with Crippen LogP contribution < -0.4 is 15.8 Å². The molecule has 0 saturated heterocycles. The van der Waals surface area contributed by atoms with Crippen LogP contribution in [0.2, 0.25) is 0 Å². The van der Waals surface area contributed by atoms with Gasteiger partial charge in [0.2, 0.25) is 10.0 Å². The molecule has 0 aliphatic carbocycles. The molecule has 0 atom stereocenters. The van der Waals surface area contributed by atoms with E-state index in [1.807, 2.05) is 6.92 Å². The third kappa shape index (κ3) is 2.75. The number of nitrogens with two attached hydrogens (primary N) is 1. The van der Waals surface area contributed by atoms with Gasteiger partial charge in [-0.2, -0.15) is 5.10 Å². The maximum Gasteiger partial charge on any atom is 0.242 e. The third-order valence-corrected chi connectivity index (χ3v) is 4.30. The SMILES string of the molecule is CNS(=O)(=O)c1cc(N)ccc1Nc1cn(C)nc1C. The van der Waals surface area contributed by atoms with Gasteiger partial charge in [0.1, 0.15) is 4.90 Å². The summed E-state index contributed by atoms with van der Waals surface area (Å²) in [7, 11) is -0.440. The molecule has 0 radical (unpaired) electrons. The summed E-state index contributed by atoms with van der Waals surface area (Å²) in [6.45, 7) is 1.84. The molecule has 0 saturated carbocycles. The Labute approximate surface area is 117 Å². The predicted molar refractivity (Wildman–Crippen MR) is 78.3 cm³/mol. The van der Waals surface area contributed by atoms with E-state index in [0.717, 1.165) is 11.4 Å². The minimum atomic E-state index is -3.60. The summed E-state index contributed by atoms with van der Waals surface area (Å²) in [4.78, 5) is 0.100. The van der Waals surface area contributed by atoms with Crippen LogP contribution in [0, 0.1) is 6.92 Å². The van der Waals surface area contributed by atoms with Gasteiger partial charge in [0.05, 0.1) is 17.1 Å². The Kier molecular flexibility index (Phi) is 3.69. The average molecular weight is 295 g/mol. The van der Waals surface area contributed by atoms with E-state index in [4.69, 9.17) is 5.73 Å². The maximum absolute atomic E-state index is 12.0. The van der Waals surface area contributed by atoms with Crippen LogP contribution in [-0.4, -0.2) is 25.2 Å². The number of benzene rings is 1. The highest BCUT2D eigenvalue weighted by Gasteiger charge is 2.18. The molecule has 0 unspecified atom stereocenters. The van der Waals surface area contributed by atoms with Crippen molar-refractivity contribution in [1.29, 1.82) is 0 Å². The molecule has 0 spiro atoms. The molecule has 0 aliphatic rings. The van der Waals surface area contributed by atoms with E-state index in [-0.39, 0.29) is 4.90 Å². The van der Waals surface area contributed by atoms with Crippen LogP contribution in [0.1, 0.15) is 5.69 Å². The fraction of sp³-hybridized carbons (Fsp3) is 0.250. The molecule has 2 aromatic rings. The Bertz CT molecular complexity index is 736. The molecule has 2 rings (SSSR count). The number of nitrogens with zero attached hydrogens (tertiary/aromatic N) is 2. The van der Waals surface area contributed by atoms with Crippen molar-refractivity contribution in [3.05, 3.63) is 30.1 Å². The number of anilines is 3. The van der Waals surface area contributed by atoms with Crippen molar-refractivity contribution in [3.63, 3.8) is 0 Å². The van der Waals surface area contributed by atoms with Gasteiger partial charge < -0.3 is 11.1 Å². The largest absolute Gasteiger partial charge is 0.399 e. The Hall–Kier alpha value is -2.06. The molecular formula is C12H17N5O2S. The first-order valence-electron chi connectivity index (χ1n) is 5.94. The molecule has 0 aliphatic heterocycles. The van der Waals surface area contributed by atoms with Gasteiger partial charge in [0.25, 0.3) is 0 Å². The van der Waals surface area contributed by atoms with Crippen LogP contribution in [0.25, 0.3) is 0 Å². The maximum atomic E-state index is 12.0. The molecule has 7 nitrogen and oxygen atoms in total. The molecule has 0 amide bonds. The van der Waals surface area contributed by atoms with Gasteiger partial charge in [-0.1, -0.05) is 0 Å². The highest BCUT2D eigenvalue weighted by atomic mass is 32.2. The van der Waals surface area contributed by atoms with Gasteiger partial charge in [-0.25, -0.2) is 13.1 Å². The molecule has 20 heavy (non-hydrogen) atoms. The first kappa shape index (κ1) is 14.4. The summed E-state index contributed by atoms with van der Waals surface area (Å²) < 4.78 is 28.0. The van der Waals surface area contributed by atoms with E-state index in [9.17, 15) is 8.42 Å². The zero-order valence-corrected chi connectivity index (χ0v) is 12.3. The fourth-order valence-corrected chi connectivity index (χ4v) is 2.76. The molecule has 0 bridgehead atoms. The number of nitrogens with one attached hydrogen (secondary N) is 2. The van der Waals surface area contributed by atoms with Crippen LogP contribution in [-0.2, 0) is 17.1 Å². The van der Waals surface area contributed by atoms with Crippen LogP contribution in [0.15, 0.2) is 29.3 Å². The second-order valence-electron chi connectivity index (χ2n) is 4.39. The lowest BCUT2D eigenvalue weighted by Gasteiger charge is -2.12. The Morgan fingerprint density at radius 3 is 2.55 bits per heavy atom. The number of nitrogen functional groups attached to an aromatic ring is 1. The lowest BCUT2D eigenvalue weighted by molar-refractivity contribution is 0.588. The quantitative estimate of drug-likeness (QED) is 0.729. The molecule has 4 N–H and O–H groups in total. The average Bonchev–Trinajstić information content (AvgIpc) is 2.70. The summed E-state index contributed by atoms with van der Waals surface area (Å²) in [5, 5.41) is 7.27. The minimum Gasteiger partial charge on any atom is -0.399 e. The van der Waals surface area contributed by atoms with E-state index in [0.29, 0.717) is 11.4 Å². The Morgan fingerprint density at radius 2 is 2.00 bits per heavy atom. The van der Waals surface area contributed by atoms with Gasteiger partial charge >= 0.3 is 0 Å². The normalized spacial score (nSPS) is 11.6. The van der Waals surface area contributed by atoms with E-state index in [2.05, 4.69) is 15.1 Å². The Morgan fingerprint density at radius 1 is 1.30 bits per heavy atom.